The summed E-state index contributed by atoms with van der Waals surface area (Å²) >= 11 is 0. The zero-order chi connectivity index (χ0) is 20.7. The summed E-state index contributed by atoms with van der Waals surface area (Å²) in [6.07, 6.45) is 4.02. The summed E-state index contributed by atoms with van der Waals surface area (Å²) in [4.78, 5) is 29.6. The van der Waals surface area contributed by atoms with E-state index in [4.69, 9.17) is 0 Å². The van der Waals surface area contributed by atoms with Crippen molar-refractivity contribution in [1.82, 2.24) is 19.3 Å². The maximum absolute atomic E-state index is 13.5. The van der Waals surface area contributed by atoms with Crippen LogP contribution < -0.4 is 10.9 Å². The molecule has 5 rings (SSSR count). The highest BCUT2D eigenvalue weighted by atomic mass is 19.1. The minimum atomic E-state index is -0.522. The molecule has 1 aliphatic carbocycles. The average Bonchev–Trinajstić information content (AvgIpc) is 3.34. The molecule has 30 heavy (non-hydrogen) atoms. The quantitative estimate of drug-likeness (QED) is 0.568. The van der Waals surface area contributed by atoms with E-state index in [0.29, 0.717) is 11.3 Å². The zero-order valence-electron chi connectivity index (χ0n) is 16.0. The van der Waals surface area contributed by atoms with Gasteiger partial charge in [-0.2, -0.15) is 5.10 Å². The molecule has 0 radical (unpaired) electrons. The molecule has 0 aliphatic heterocycles. The van der Waals surface area contributed by atoms with Gasteiger partial charge in [0.2, 0.25) is 5.91 Å². The molecule has 0 unspecified atom stereocenters. The van der Waals surface area contributed by atoms with E-state index in [1.807, 2.05) is 30.3 Å². The normalized spacial score (nSPS) is 12.8. The molecule has 0 saturated carbocycles. The van der Waals surface area contributed by atoms with Crippen LogP contribution in [0, 0.1) is 5.82 Å². The van der Waals surface area contributed by atoms with Gasteiger partial charge in [0.1, 0.15) is 18.2 Å². The van der Waals surface area contributed by atoms with Crippen LogP contribution in [-0.4, -0.2) is 25.2 Å². The molecule has 0 spiro atoms. The molecule has 7 nitrogen and oxygen atoms in total. The fraction of sp³-hybridized carbons (Fsp3) is 0.182. The van der Waals surface area contributed by atoms with E-state index < -0.39 is 11.4 Å². The molecule has 0 bridgehead atoms. The molecule has 0 saturated heterocycles. The van der Waals surface area contributed by atoms with Gasteiger partial charge >= 0.3 is 0 Å². The van der Waals surface area contributed by atoms with Gasteiger partial charge in [0.05, 0.1) is 28.6 Å². The number of anilines is 1. The Morgan fingerprint density at radius 1 is 1.13 bits per heavy atom. The van der Waals surface area contributed by atoms with Crippen LogP contribution in [-0.2, 0) is 24.2 Å². The lowest BCUT2D eigenvalue weighted by Gasteiger charge is -2.12. The van der Waals surface area contributed by atoms with E-state index in [2.05, 4.69) is 15.4 Å². The molecule has 0 fully saturated rings. The Balaban J connectivity index is 1.46. The number of halogens is 1. The summed E-state index contributed by atoms with van der Waals surface area (Å²) in [7, 11) is 0. The van der Waals surface area contributed by atoms with Crippen molar-refractivity contribution in [3.8, 4) is 5.69 Å². The second-order valence-electron chi connectivity index (χ2n) is 7.26. The van der Waals surface area contributed by atoms with Crippen LogP contribution >= 0.6 is 0 Å². The van der Waals surface area contributed by atoms with Gasteiger partial charge in [-0.15, -0.1) is 0 Å². The zero-order valence-corrected chi connectivity index (χ0v) is 16.0. The molecule has 2 heterocycles. The predicted octanol–water partition coefficient (Wildman–Crippen LogP) is 2.85. The van der Waals surface area contributed by atoms with Crippen molar-refractivity contribution >= 4 is 22.6 Å². The number of para-hydroxylation sites is 1. The van der Waals surface area contributed by atoms with Crippen LogP contribution in [0.4, 0.5) is 10.2 Å². The number of rotatable bonds is 4. The van der Waals surface area contributed by atoms with Crippen LogP contribution in [0.15, 0.2) is 59.7 Å². The molecule has 1 aliphatic rings. The fourth-order valence-corrected chi connectivity index (χ4v) is 3.85. The maximum Gasteiger partial charge on any atom is 0.261 e. The Morgan fingerprint density at radius 3 is 2.80 bits per heavy atom. The summed E-state index contributed by atoms with van der Waals surface area (Å²) in [5.41, 5.74) is 2.78. The van der Waals surface area contributed by atoms with Gasteiger partial charge in [0.15, 0.2) is 0 Å². The standard InChI is InChI=1S/C22H18FN5O2/c23-14-9-10-18-17(11-14)22(30)27(13-24-18)12-20(29)25-21-16-7-4-8-19(16)26-28(21)15-5-2-1-3-6-15/h1-3,5-6,9-11,13H,4,7-8,12H2,(H,25,29). The number of benzene rings is 2. The lowest BCUT2D eigenvalue weighted by Crippen LogP contribution is -2.28. The molecular weight excluding hydrogens is 385 g/mol. The number of aromatic nitrogens is 4. The van der Waals surface area contributed by atoms with Crippen LogP contribution in [0.1, 0.15) is 17.7 Å². The van der Waals surface area contributed by atoms with Gasteiger partial charge in [-0.25, -0.2) is 14.1 Å². The number of amides is 1. The van der Waals surface area contributed by atoms with E-state index in [1.165, 1.54) is 23.0 Å². The van der Waals surface area contributed by atoms with Crippen molar-refractivity contribution in [2.45, 2.75) is 25.8 Å². The van der Waals surface area contributed by atoms with E-state index in [0.717, 1.165) is 42.3 Å². The monoisotopic (exact) mass is 403 g/mol. The SMILES string of the molecule is O=C(Cn1cnc2ccc(F)cc2c1=O)Nc1c2c(nn1-c1ccccc1)CCC2. The number of aryl methyl sites for hydroxylation is 1. The van der Waals surface area contributed by atoms with Gasteiger partial charge in [-0.1, -0.05) is 18.2 Å². The number of hydrogen-bond donors (Lipinski definition) is 1. The Hall–Kier alpha value is -3.81. The van der Waals surface area contributed by atoms with Gasteiger partial charge in [-0.05, 0) is 49.6 Å². The summed E-state index contributed by atoms with van der Waals surface area (Å²) in [5.74, 6) is -0.265. The fourth-order valence-electron chi connectivity index (χ4n) is 3.85. The number of carbonyl (C=O) groups is 1. The van der Waals surface area contributed by atoms with Crippen molar-refractivity contribution in [2.24, 2.45) is 0 Å². The van der Waals surface area contributed by atoms with E-state index in [9.17, 15) is 14.0 Å². The third kappa shape index (κ3) is 3.16. The number of hydrogen-bond acceptors (Lipinski definition) is 4. The molecule has 1 N–H and O–H groups in total. The molecule has 8 heteroatoms. The Labute approximate surface area is 170 Å². The van der Waals surface area contributed by atoms with Gasteiger partial charge in [0.25, 0.3) is 5.56 Å². The predicted molar refractivity (Wildman–Crippen MR) is 110 cm³/mol. The summed E-state index contributed by atoms with van der Waals surface area (Å²) in [5, 5.41) is 7.73. The first kappa shape index (κ1) is 18.2. The lowest BCUT2D eigenvalue weighted by molar-refractivity contribution is -0.116. The molecule has 0 atom stereocenters. The van der Waals surface area contributed by atoms with Gasteiger partial charge in [-0.3, -0.25) is 14.2 Å². The molecule has 4 aromatic rings. The molecule has 2 aromatic heterocycles. The van der Waals surface area contributed by atoms with Gasteiger partial charge in [0, 0.05) is 5.56 Å². The Kier molecular flexibility index (Phi) is 4.39. The highest BCUT2D eigenvalue weighted by molar-refractivity contribution is 5.91. The number of fused-ring (bicyclic) bond motifs is 2. The van der Waals surface area contributed by atoms with Crippen LogP contribution in [0.3, 0.4) is 0 Å². The number of carbonyl (C=O) groups excluding carboxylic acids is 1. The molecule has 150 valence electrons. The third-order valence-corrected chi connectivity index (χ3v) is 5.27. The number of nitrogens with one attached hydrogen (secondary N) is 1. The maximum atomic E-state index is 13.5. The molecule has 1 amide bonds. The highest BCUT2D eigenvalue weighted by Crippen LogP contribution is 2.30. The third-order valence-electron chi connectivity index (χ3n) is 5.27. The summed E-state index contributed by atoms with van der Waals surface area (Å²) < 4.78 is 16.4. The van der Waals surface area contributed by atoms with E-state index in [-0.39, 0.29) is 17.8 Å². The topological polar surface area (TPSA) is 81.8 Å². The van der Waals surface area contributed by atoms with E-state index >= 15 is 0 Å². The second-order valence-corrected chi connectivity index (χ2v) is 7.26. The van der Waals surface area contributed by atoms with Crippen molar-refractivity contribution in [1.29, 1.82) is 0 Å². The molecule has 2 aromatic carbocycles. The van der Waals surface area contributed by atoms with Crippen molar-refractivity contribution in [3.63, 3.8) is 0 Å². The minimum Gasteiger partial charge on any atom is -0.309 e. The summed E-state index contributed by atoms with van der Waals surface area (Å²) in [6.45, 7) is -0.229. The first-order valence-electron chi connectivity index (χ1n) is 9.71. The van der Waals surface area contributed by atoms with Crippen LogP contribution in [0.2, 0.25) is 0 Å². The van der Waals surface area contributed by atoms with E-state index in [1.54, 1.807) is 4.68 Å². The summed E-state index contributed by atoms with van der Waals surface area (Å²) in [6, 6.07) is 13.4. The Bertz CT molecular complexity index is 1330. The Morgan fingerprint density at radius 2 is 1.97 bits per heavy atom. The first-order valence-corrected chi connectivity index (χ1v) is 9.71. The highest BCUT2D eigenvalue weighted by Gasteiger charge is 2.24. The number of nitrogens with zero attached hydrogens (tertiary/aromatic N) is 4. The largest absolute Gasteiger partial charge is 0.309 e. The van der Waals surface area contributed by atoms with Crippen molar-refractivity contribution < 1.29 is 9.18 Å². The van der Waals surface area contributed by atoms with Crippen LogP contribution in [0.5, 0.6) is 0 Å². The molecular formula is C22H18FN5O2. The van der Waals surface area contributed by atoms with Crippen molar-refractivity contribution in [2.75, 3.05) is 5.32 Å². The van der Waals surface area contributed by atoms with Crippen LogP contribution in [0.25, 0.3) is 16.6 Å². The smallest absolute Gasteiger partial charge is 0.261 e. The lowest BCUT2D eigenvalue weighted by atomic mass is 10.2. The first-order chi connectivity index (χ1) is 14.6. The van der Waals surface area contributed by atoms with Crippen molar-refractivity contribution in [3.05, 3.63) is 82.3 Å². The minimum absolute atomic E-state index is 0.139. The second kappa shape index (κ2) is 7.22. The van der Waals surface area contributed by atoms with Gasteiger partial charge < -0.3 is 5.32 Å². The average molecular weight is 403 g/mol.